The number of nitrogens with two attached hydrogens (primary N) is 1. The van der Waals surface area contributed by atoms with Gasteiger partial charge in [0.2, 0.25) is 0 Å². The fourth-order valence-corrected chi connectivity index (χ4v) is 2.39. The van der Waals surface area contributed by atoms with Gasteiger partial charge in [0, 0.05) is 19.8 Å². The molecule has 0 saturated heterocycles. The lowest BCUT2D eigenvalue weighted by molar-refractivity contribution is 0.111. The van der Waals surface area contributed by atoms with Gasteiger partial charge in [0.1, 0.15) is 0 Å². The minimum atomic E-state index is -2.86. The fraction of sp³-hybridized carbons (Fsp3) is 1.00. The van der Waals surface area contributed by atoms with Crippen LogP contribution in [-0.2, 0) is 13.6 Å². The molecular weight excluding hydrogens is 189 g/mol. The standard InChI is InChI=1S/C8H18NO3P/c1-11-13(2,10)12-8-6-4-3-5-7(8)9/h7-8H,3-6,9H2,1-2H3/t7-,8-,13?/m1/s1. The van der Waals surface area contributed by atoms with Gasteiger partial charge < -0.3 is 14.8 Å². The normalized spacial score (nSPS) is 34.1. The molecule has 2 N–H and O–H groups in total. The van der Waals surface area contributed by atoms with E-state index in [9.17, 15) is 4.57 Å². The highest BCUT2D eigenvalue weighted by molar-refractivity contribution is 7.52. The van der Waals surface area contributed by atoms with Crippen LogP contribution in [0.2, 0.25) is 0 Å². The van der Waals surface area contributed by atoms with E-state index in [0.29, 0.717) is 0 Å². The average molecular weight is 207 g/mol. The van der Waals surface area contributed by atoms with Crippen molar-refractivity contribution in [3.8, 4) is 0 Å². The van der Waals surface area contributed by atoms with Crippen molar-refractivity contribution >= 4 is 7.60 Å². The predicted molar refractivity (Wildman–Crippen MR) is 51.9 cm³/mol. The van der Waals surface area contributed by atoms with Crippen molar-refractivity contribution in [3.63, 3.8) is 0 Å². The van der Waals surface area contributed by atoms with Crippen LogP contribution in [-0.4, -0.2) is 25.9 Å². The molecule has 1 aliphatic carbocycles. The van der Waals surface area contributed by atoms with E-state index in [2.05, 4.69) is 0 Å². The molecule has 0 aromatic heterocycles. The van der Waals surface area contributed by atoms with Crippen LogP contribution in [0.3, 0.4) is 0 Å². The van der Waals surface area contributed by atoms with Gasteiger partial charge in [-0.25, -0.2) is 0 Å². The molecule has 0 spiro atoms. The van der Waals surface area contributed by atoms with Crippen molar-refractivity contribution in [1.29, 1.82) is 0 Å². The minimum Gasteiger partial charge on any atom is -0.325 e. The summed E-state index contributed by atoms with van der Waals surface area (Å²) >= 11 is 0. The Morgan fingerprint density at radius 2 is 2.00 bits per heavy atom. The van der Waals surface area contributed by atoms with Gasteiger partial charge in [0.25, 0.3) is 0 Å². The van der Waals surface area contributed by atoms with Crippen molar-refractivity contribution in [3.05, 3.63) is 0 Å². The lowest BCUT2D eigenvalue weighted by Crippen LogP contribution is -2.38. The van der Waals surface area contributed by atoms with Crippen molar-refractivity contribution in [2.75, 3.05) is 13.8 Å². The predicted octanol–water partition coefficient (Wildman–Crippen LogP) is 1.74. The summed E-state index contributed by atoms with van der Waals surface area (Å²) < 4.78 is 21.6. The van der Waals surface area contributed by atoms with Crippen LogP contribution >= 0.6 is 7.60 Å². The van der Waals surface area contributed by atoms with E-state index < -0.39 is 7.60 Å². The third-order valence-corrected chi connectivity index (χ3v) is 3.73. The van der Waals surface area contributed by atoms with Crippen molar-refractivity contribution < 1.29 is 13.6 Å². The third-order valence-electron chi connectivity index (χ3n) is 2.41. The first-order valence-electron chi connectivity index (χ1n) is 4.62. The molecule has 4 nitrogen and oxygen atoms in total. The second-order valence-electron chi connectivity index (χ2n) is 3.55. The van der Waals surface area contributed by atoms with Gasteiger partial charge >= 0.3 is 7.60 Å². The number of rotatable bonds is 3. The zero-order chi connectivity index (χ0) is 9.90. The summed E-state index contributed by atoms with van der Waals surface area (Å²) in [6.45, 7) is 1.48. The molecule has 0 aromatic carbocycles. The molecule has 1 saturated carbocycles. The number of hydrogen-bond donors (Lipinski definition) is 1. The highest BCUT2D eigenvalue weighted by atomic mass is 31.2. The molecule has 5 heteroatoms. The van der Waals surface area contributed by atoms with E-state index in [0.717, 1.165) is 25.7 Å². The maximum atomic E-state index is 11.5. The van der Waals surface area contributed by atoms with Gasteiger partial charge in [0.05, 0.1) is 6.10 Å². The van der Waals surface area contributed by atoms with Gasteiger partial charge in [-0.2, -0.15) is 0 Å². The summed E-state index contributed by atoms with van der Waals surface area (Å²) in [5.74, 6) is 0. The SMILES string of the molecule is COP(C)(=O)O[C@@H]1CCCC[C@H]1N. The lowest BCUT2D eigenvalue weighted by atomic mass is 9.94. The van der Waals surface area contributed by atoms with E-state index in [1.54, 1.807) is 0 Å². The maximum Gasteiger partial charge on any atom is 0.327 e. The Labute approximate surface area is 79.3 Å². The summed E-state index contributed by atoms with van der Waals surface area (Å²) in [7, 11) is -1.46. The Morgan fingerprint density at radius 3 is 2.54 bits per heavy atom. The van der Waals surface area contributed by atoms with Crippen LogP contribution in [0.15, 0.2) is 0 Å². The van der Waals surface area contributed by atoms with Crippen LogP contribution < -0.4 is 5.73 Å². The van der Waals surface area contributed by atoms with Gasteiger partial charge in [-0.1, -0.05) is 12.8 Å². The van der Waals surface area contributed by atoms with Gasteiger partial charge in [-0.05, 0) is 12.8 Å². The van der Waals surface area contributed by atoms with Gasteiger partial charge in [-0.3, -0.25) is 4.57 Å². The van der Waals surface area contributed by atoms with E-state index in [-0.39, 0.29) is 12.1 Å². The highest BCUT2D eigenvalue weighted by Gasteiger charge is 2.28. The first-order chi connectivity index (χ1) is 6.05. The molecule has 0 heterocycles. The fourth-order valence-electron chi connectivity index (χ4n) is 1.55. The number of hydrogen-bond acceptors (Lipinski definition) is 4. The second-order valence-corrected chi connectivity index (χ2v) is 5.66. The Kier molecular flexibility index (Phi) is 3.92. The monoisotopic (exact) mass is 207 g/mol. The molecule has 1 aliphatic rings. The summed E-state index contributed by atoms with van der Waals surface area (Å²) in [6, 6.07) is 0.0113. The minimum absolute atomic E-state index is 0.0113. The van der Waals surface area contributed by atoms with E-state index in [1.807, 2.05) is 0 Å². The Bertz CT molecular complexity index is 210. The summed E-state index contributed by atoms with van der Waals surface area (Å²) in [4.78, 5) is 0. The van der Waals surface area contributed by atoms with Crippen molar-refractivity contribution in [2.45, 2.75) is 37.8 Å². The summed E-state index contributed by atoms with van der Waals surface area (Å²) in [6.07, 6.45) is 3.99. The summed E-state index contributed by atoms with van der Waals surface area (Å²) in [5, 5.41) is 0. The molecule has 0 amide bonds. The third kappa shape index (κ3) is 3.39. The molecule has 1 unspecified atom stereocenters. The highest BCUT2D eigenvalue weighted by Crippen LogP contribution is 2.45. The Balaban J connectivity index is 2.47. The van der Waals surface area contributed by atoms with Crippen LogP contribution in [0, 0.1) is 0 Å². The van der Waals surface area contributed by atoms with E-state index in [4.69, 9.17) is 14.8 Å². The van der Waals surface area contributed by atoms with Crippen LogP contribution in [0.1, 0.15) is 25.7 Å². The van der Waals surface area contributed by atoms with Gasteiger partial charge in [0.15, 0.2) is 0 Å². The first kappa shape index (κ1) is 11.2. The molecule has 0 aromatic rings. The van der Waals surface area contributed by atoms with Crippen LogP contribution in [0.4, 0.5) is 0 Å². The molecule has 1 rings (SSSR count). The summed E-state index contributed by atoms with van der Waals surface area (Å²) in [5.41, 5.74) is 5.84. The Morgan fingerprint density at radius 1 is 1.38 bits per heavy atom. The second kappa shape index (κ2) is 4.56. The zero-order valence-electron chi connectivity index (χ0n) is 8.23. The zero-order valence-corrected chi connectivity index (χ0v) is 9.13. The lowest BCUT2D eigenvalue weighted by Gasteiger charge is -2.29. The Hall–Kier alpha value is 0.110. The molecule has 3 atom stereocenters. The molecule has 1 fully saturated rings. The van der Waals surface area contributed by atoms with Gasteiger partial charge in [-0.15, -0.1) is 0 Å². The molecule has 0 radical (unpaired) electrons. The van der Waals surface area contributed by atoms with Crippen molar-refractivity contribution in [1.82, 2.24) is 0 Å². The smallest absolute Gasteiger partial charge is 0.325 e. The quantitative estimate of drug-likeness (QED) is 0.716. The maximum absolute atomic E-state index is 11.5. The van der Waals surface area contributed by atoms with Crippen molar-refractivity contribution in [2.24, 2.45) is 5.73 Å². The first-order valence-corrected chi connectivity index (χ1v) is 6.61. The molecule has 0 bridgehead atoms. The van der Waals surface area contributed by atoms with Crippen LogP contribution in [0.25, 0.3) is 0 Å². The molecule has 13 heavy (non-hydrogen) atoms. The van der Waals surface area contributed by atoms with E-state index >= 15 is 0 Å². The van der Waals surface area contributed by atoms with E-state index in [1.165, 1.54) is 13.8 Å². The molecular formula is C8H18NO3P. The largest absolute Gasteiger partial charge is 0.327 e. The topological polar surface area (TPSA) is 61.5 Å². The van der Waals surface area contributed by atoms with Crippen LogP contribution in [0.5, 0.6) is 0 Å². The average Bonchev–Trinajstić information content (AvgIpc) is 2.09. The molecule has 78 valence electrons. The molecule has 0 aliphatic heterocycles.